The SMILES string of the molecule is CO[C@]1(NC(=O)Cc2nncs2)C(=O)N2C(C(=O)O)=C(COC(C)=O)CS[C@@H]21. The summed E-state index contributed by atoms with van der Waals surface area (Å²) in [7, 11) is 1.26. The second kappa shape index (κ2) is 7.85. The van der Waals surface area contributed by atoms with Gasteiger partial charge in [0.05, 0.1) is 6.42 Å². The molecule has 11 nitrogen and oxygen atoms in total. The number of carbonyl (C=O) groups excluding carboxylic acids is 3. The van der Waals surface area contributed by atoms with Crippen molar-refractivity contribution < 1.29 is 33.8 Å². The molecule has 2 amide bonds. The molecule has 2 aliphatic rings. The van der Waals surface area contributed by atoms with E-state index in [1.54, 1.807) is 0 Å². The van der Waals surface area contributed by atoms with Crippen LogP contribution in [0, 0.1) is 0 Å². The summed E-state index contributed by atoms with van der Waals surface area (Å²) in [6.07, 6.45) is -0.0836. The molecule has 1 aromatic rings. The molecule has 13 heteroatoms. The van der Waals surface area contributed by atoms with Gasteiger partial charge in [0.2, 0.25) is 5.91 Å². The molecule has 3 rings (SSSR count). The van der Waals surface area contributed by atoms with E-state index in [-0.39, 0.29) is 24.5 Å². The van der Waals surface area contributed by atoms with Crippen molar-refractivity contribution in [3.8, 4) is 0 Å². The third-order valence-electron chi connectivity index (χ3n) is 4.13. The molecule has 0 unspecified atom stereocenters. The molecule has 0 saturated carbocycles. The van der Waals surface area contributed by atoms with Crippen LogP contribution < -0.4 is 5.32 Å². The number of hydrogen-bond donors (Lipinski definition) is 2. The third kappa shape index (κ3) is 3.47. The zero-order valence-electron chi connectivity index (χ0n) is 14.8. The van der Waals surface area contributed by atoms with Crippen molar-refractivity contribution in [2.24, 2.45) is 0 Å². The maximum absolute atomic E-state index is 12.8. The second-order valence-electron chi connectivity index (χ2n) is 5.87. The summed E-state index contributed by atoms with van der Waals surface area (Å²) in [4.78, 5) is 49.0. The first kappa shape index (κ1) is 20.2. The molecule has 1 fully saturated rings. The Labute approximate surface area is 167 Å². The van der Waals surface area contributed by atoms with Gasteiger partial charge in [-0.25, -0.2) is 4.79 Å². The number of rotatable bonds is 7. The Hall–Kier alpha value is -2.51. The summed E-state index contributed by atoms with van der Waals surface area (Å²) in [6, 6.07) is 0. The van der Waals surface area contributed by atoms with Crippen LogP contribution in [0.2, 0.25) is 0 Å². The summed E-state index contributed by atoms with van der Waals surface area (Å²) in [5, 5.41) is 19.2. The Bertz CT molecular complexity index is 857. The lowest BCUT2D eigenvalue weighted by atomic mass is 9.98. The Morgan fingerprint density at radius 1 is 1.46 bits per heavy atom. The van der Waals surface area contributed by atoms with Crippen molar-refractivity contribution in [1.82, 2.24) is 20.4 Å². The van der Waals surface area contributed by atoms with E-state index >= 15 is 0 Å². The highest BCUT2D eigenvalue weighted by molar-refractivity contribution is 8.00. The molecular weight excluding hydrogens is 412 g/mol. The number of aliphatic carboxylic acids is 1. The van der Waals surface area contributed by atoms with Crippen LogP contribution in [-0.4, -0.2) is 74.5 Å². The average molecular weight is 428 g/mol. The second-order valence-corrected chi connectivity index (χ2v) is 7.86. The van der Waals surface area contributed by atoms with Gasteiger partial charge in [0, 0.05) is 25.4 Å². The van der Waals surface area contributed by atoms with Crippen molar-refractivity contribution in [2.45, 2.75) is 24.4 Å². The summed E-state index contributed by atoms with van der Waals surface area (Å²) in [5.41, 5.74) is -0.167. The van der Waals surface area contributed by atoms with E-state index in [9.17, 15) is 24.3 Å². The van der Waals surface area contributed by atoms with E-state index < -0.39 is 34.9 Å². The fourth-order valence-electron chi connectivity index (χ4n) is 2.90. The maximum Gasteiger partial charge on any atom is 0.352 e. The first-order valence-corrected chi connectivity index (χ1v) is 9.88. The maximum atomic E-state index is 12.8. The number of amides is 2. The first-order valence-electron chi connectivity index (χ1n) is 7.95. The molecule has 0 bridgehead atoms. The number of carboxylic acid groups (broad SMARTS) is 1. The van der Waals surface area contributed by atoms with Gasteiger partial charge in [-0.3, -0.25) is 19.3 Å². The van der Waals surface area contributed by atoms with Crippen LogP contribution in [0.5, 0.6) is 0 Å². The lowest BCUT2D eigenvalue weighted by Gasteiger charge is -2.55. The molecule has 150 valence electrons. The average Bonchev–Trinajstić information content (AvgIpc) is 3.15. The topological polar surface area (TPSA) is 148 Å². The fraction of sp³-hybridized carbons (Fsp3) is 0.467. The third-order valence-corrected chi connectivity index (χ3v) is 6.20. The minimum Gasteiger partial charge on any atom is -0.477 e. The minimum absolute atomic E-state index is 0.0836. The number of aromatic nitrogens is 2. The summed E-state index contributed by atoms with van der Waals surface area (Å²) < 4.78 is 10.2. The van der Waals surface area contributed by atoms with Gasteiger partial charge in [-0.05, 0) is 0 Å². The molecule has 3 heterocycles. The Morgan fingerprint density at radius 3 is 2.79 bits per heavy atom. The number of fused-ring (bicyclic) bond motifs is 1. The van der Waals surface area contributed by atoms with Gasteiger partial charge in [0.1, 0.15) is 28.2 Å². The number of carboxylic acids is 1. The highest BCUT2D eigenvalue weighted by Gasteiger charge is 2.66. The molecule has 1 saturated heterocycles. The van der Waals surface area contributed by atoms with E-state index in [0.29, 0.717) is 10.6 Å². The summed E-state index contributed by atoms with van der Waals surface area (Å²) in [5.74, 6) is -2.91. The molecule has 2 atom stereocenters. The van der Waals surface area contributed by atoms with Crippen LogP contribution in [-0.2, 0) is 35.1 Å². The van der Waals surface area contributed by atoms with Gasteiger partial charge < -0.3 is 19.9 Å². The number of nitrogens with zero attached hydrogens (tertiary/aromatic N) is 3. The predicted octanol–water partition coefficient (Wildman–Crippen LogP) is -0.644. The van der Waals surface area contributed by atoms with Gasteiger partial charge in [0.15, 0.2) is 0 Å². The van der Waals surface area contributed by atoms with Crippen LogP contribution in [0.4, 0.5) is 0 Å². The number of ether oxygens (including phenoxy) is 2. The van der Waals surface area contributed by atoms with E-state index in [2.05, 4.69) is 15.5 Å². The summed E-state index contributed by atoms with van der Waals surface area (Å²) in [6.45, 7) is 0.974. The highest BCUT2D eigenvalue weighted by atomic mass is 32.2. The smallest absolute Gasteiger partial charge is 0.352 e. The molecular formula is C15H16N4O7S2. The van der Waals surface area contributed by atoms with Crippen molar-refractivity contribution >= 4 is 46.9 Å². The van der Waals surface area contributed by atoms with E-state index in [0.717, 1.165) is 4.90 Å². The number of β-lactam (4-membered cyclic amide) rings is 1. The van der Waals surface area contributed by atoms with Crippen molar-refractivity contribution in [3.05, 3.63) is 21.8 Å². The molecule has 1 aromatic heterocycles. The quantitative estimate of drug-likeness (QED) is 0.326. The largest absolute Gasteiger partial charge is 0.477 e. The van der Waals surface area contributed by atoms with Crippen LogP contribution in [0.15, 0.2) is 16.8 Å². The Kier molecular flexibility index (Phi) is 5.67. The lowest BCUT2D eigenvalue weighted by Crippen LogP contribution is -2.80. The molecule has 0 spiro atoms. The van der Waals surface area contributed by atoms with Gasteiger partial charge in [-0.2, -0.15) is 0 Å². The van der Waals surface area contributed by atoms with E-state index in [1.807, 2.05) is 0 Å². The molecule has 0 radical (unpaired) electrons. The Morgan fingerprint density at radius 2 is 2.21 bits per heavy atom. The standard InChI is InChI=1S/C15H16N4O7S2/c1-7(20)26-4-8-5-27-14-15(25-2,13(24)19(14)11(8)12(22)23)17-9(21)3-10-18-16-6-28-10/h6,14H,3-5H2,1-2H3,(H,17,21)(H,22,23)/t14-,15-/m1/s1. The number of nitrogens with one attached hydrogen (secondary N) is 1. The number of esters is 1. The zero-order valence-corrected chi connectivity index (χ0v) is 16.5. The van der Waals surface area contributed by atoms with Gasteiger partial charge in [-0.1, -0.05) is 0 Å². The molecule has 2 aliphatic heterocycles. The van der Waals surface area contributed by atoms with Crippen LogP contribution >= 0.6 is 23.1 Å². The van der Waals surface area contributed by atoms with Crippen molar-refractivity contribution in [3.63, 3.8) is 0 Å². The fourth-order valence-corrected chi connectivity index (χ4v) is 4.85. The number of methoxy groups -OCH3 is 1. The van der Waals surface area contributed by atoms with Gasteiger partial charge in [-0.15, -0.1) is 33.3 Å². The number of thioether (sulfide) groups is 1. The minimum atomic E-state index is -1.68. The lowest BCUT2D eigenvalue weighted by molar-refractivity contribution is -0.192. The number of carbonyl (C=O) groups is 4. The molecule has 2 N–H and O–H groups in total. The molecule has 0 aliphatic carbocycles. The normalized spacial score (nSPS) is 23.7. The van der Waals surface area contributed by atoms with Gasteiger partial charge in [0.25, 0.3) is 11.6 Å². The predicted molar refractivity (Wildman–Crippen MR) is 95.9 cm³/mol. The van der Waals surface area contributed by atoms with E-state index in [4.69, 9.17) is 9.47 Å². The zero-order chi connectivity index (χ0) is 20.5. The van der Waals surface area contributed by atoms with Crippen molar-refractivity contribution in [1.29, 1.82) is 0 Å². The monoisotopic (exact) mass is 428 g/mol. The molecule has 28 heavy (non-hydrogen) atoms. The van der Waals surface area contributed by atoms with Gasteiger partial charge >= 0.3 is 11.9 Å². The van der Waals surface area contributed by atoms with Crippen LogP contribution in [0.25, 0.3) is 0 Å². The summed E-state index contributed by atoms with van der Waals surface area (Å²) >= 11 is 2.40. The highest BCUT2D eigenvalue weighted by Crippen LogP contribution is 2.46. The van der Waals surface area contributed by atoms with E-state index in [1.165, 1.54) is 42.6 Å². The first-order chi connectivity index (χ1) is 13.3. The van der Waals surface area contributed by atoms with Crippen LogP contribution in [0.1, 0.15) is 11.9 Å². The Balaban J connectivity index is 1.81. The number of hydrogen-bond acceptors (Lipinski definition) is 10. The van der Waals surface area contributed by atoms with Crippen molar-refractivity contribution in [2.75, 3.05) is 19.5 Å². The van der Waals surface area contributed by atoms with Crippen LogP contribution in [0.3, 0.4) is 0 Å². The molecule has 0 aromatic carbocycles.